The number of aliphatic carboxylic acids is 1. The van der Waals surface area contributed by atoms with Crippen molar-refractivity contribution in [3.05, 3.63) is 11.8 Å². The van der Waals surface area contributed by atoms with Crippen LogP contribution >= 0.6 is 0 Å². The summed E-state index contributed by atoms with van der Waals surface area (Å²) in [4.78, 5) is 33.8. The summed E-state index contributed by atoms with van der Waals surface area (Å²) in [7, 11) is 0. The first-order valence-corrected chi connectivity index (χ1v) is 7.67. The van der Waals surface area contributed by atoms with Crippen molar-refractivity contribution >= 4 is 17.9 Å². The van der Waals surface area contributed by atoms with Gasteiger partial charge in [-0.25, -0.2) is 9.59 Å². The largest absolute Gasteiger partial charge is 0.480 e. The van der Waals surface area contributed by atoms with Gasteiger partial charge < -0.3 is 41.8 Å². The number of primary amides is 1. The van der Waals surface area contributed by atoms with E-state index in [4.69, 9.17) is 26.1 Å². The summed E-state index contributed by atoms with van der Waals surface area (Å²) in [5, 5.41) is 39.2. The second-order valence-corrected chi connectivity index (χ2v) is 5.95. The van der Waals surface area contributed by atoms with Gasteiger partial charge in [-0.15, -0.1) is 10.2 Å². The average molecular weight is 372 g/mol. The first kappa shape index (κ1) is 19.6. The van der Waals surface area contributed by atoms with Gasteiger partial charge in [-0.1, -0.05) is 0 Å². The third-order valence-electron chi connectivity index (χ3n) is 3.87. The highest BCUT2D eigenvalue weighted by Crippen LogP contribution is 2.42. The maximum Gasteiger partial charge on any atom is 0.328 e. The van der Waals surface area contributed by atoms with Crippen LogP contribution in [0, 0.1) is 0 Å². The molecule has 3 amide bonds. The summed E-state index contributed by atoms with van der Waals surface area (Å²) in [5.74, 6) is -2.17. The minimum Gasteiger partial charge on any atom is -0.480 e. The number of aliphatic hydroxyl groups is 2. The molecule has 0 aliphatic heterocycles. The highest BCUT2D eigenvalue weighted by atomic mass is 16.4. The number of carboxylic acid groups (broad SMARTS) is 1. The number of aromatic nitrogens is 2. The molecule has 0 radical (unpaired) electrons. The van der Waals surface area contributed by atoms with Crippen molar-refractivity contribution < 1.29 is 34.1 Å². The molecule has 1 aliphatic carbocycles. The van der Waals surface area contributed by atoms with E-state index in [1.165, 1.54) is 0 Å². The van der Waals surface area contributed by atoms with E-state index < -0.39 is 48.2 Å². The van der Waals surface area contributed by atoms with Gasteiger partial charge in [0, 0.05) is 12.8 Å². The molecular formula is C13H20N6O7. The van der Waals surface area contributed by atoms with E-state index in [1.807, 2.05) is 5.32 Å². The highest BCUT2D eigenvalue weighted by molar-refractivity contribution is 5.82. The van der Waals surface area contributed by atoms with Crippen LogP contribution in [0.1, 0.15) is 37.1 Å². The van der Waals surface area contributed by atoms with Crippen molar-refractivity contribution in [1.29, 1.82) is 0 Å². The van der Waals surface area contributed by atoms with Crippen LogP contribution in [0.15, 0.2) is 4.42 Å². The normalized spacial score (nSPS) is 23.7. The highest BCUT2D eigenvalue weighted by Gasteiger charge is 2.56. The molecule has 1 aromatic rings. The van der Waals surface area contributed by atoms with Crippen molar-refractivity contribution in [3.8, 4) is 0 Å². The zero-order valence-corrected chi connectivity index (χ0v) is 13.6. The summed E-state index contributed by atoms with van der Waals surface area (Å²) >= 11 is 0. The third-order valence-corrected chi connectivity index (χ3v) is 3.87. The molecule has 2 unspecified atom stereocenters. The predicted molar refractivity (Wildman–Crippen MR) is 82.1 cm³/mol. The Kier molecular flexibility index (Phi) is 5.74. The van der Waals surface area contributed by atoms with Gasteiger partial charge in [-0.05, 0) is 6.42 Å². The van der Waals surface area contributed by atoms with E-state index in [2.05, 4.69) is 15.5 Å². The van der Waals surface area contributed by atoms with E-state index in [1.54, 1.807) is 0 Å². The standard InChI is InChI=1S/C13H20N6O7/c14-8(22)2-1-5(16-12(25)17-6(4-20)10(23)24)9-18-19-11(26-9)13(15)3-7(13)21/h5-7,20-21H,1-4,15H2,(H2,14,22)(H,23,24)(H2,16,17,25)/t5-,6-,7?,13?/m0/s1. The number of hydrogen-bond donors (Lipinski definition) is 7. The SMILES string of the molecule is NC(=O)CC[C@H](NC(=O)N[C@@H](CO)C(=O)O)c1nnc(C2(N)CC2O)o1. The lowest BCUT2D eigenvalue weighted by atomic mass is 10.1. The van der Waals surface area contributed by atoms with Gasteiger partial charge in [0.15, 0.2) is 6.04 Å². The molecule has 1 saturated carbocycles. The number of nitrogens with two attached hydrogens (primary N) is 2. The van der Waals surface area contributed by atoms with E-state index in [0.717, 1.165) is 0 Å². The zero-order chi connectivity index (χ0) is 19.5. The lowest BCUT2D eigenvalue weighted by Crippen LogP contribution is -2.48. The van der Waals surface area contributed by atoms with Crippen molar-refractivity contribution in [3.63, 3.8) is 0 Å². The second-order valence-electron chi connectivity index (χ2n) is 5.95. The van der Waals surface area contributed by atoms with E-state index >= 15 is 0 Å². The Bertz CT molecular complexity index is 694. The summed E-state index contributed by atoms with van der Waals surface area (Å²) in [6.07, 6.45) is -0.703. The van der Waals surface area contributed by atoms with Crippen molar-refractivity contribution in [2.24, 2.45) is 11.5 Å². The van der Waals surface area contributed by atoms with Crippen LogP contribution in [0.3, 0.4) is 0 Å². The van der Waals surface area contributed by atoms with Crippen molar-refractivity contribution in [1.82, 2.24) is 20.8 Å². The van der Waals surface area contributed by atoms with Crippen LogP contribution in [0.5, 0.6) is 0 Å². The van der Waals surface area contributed by atoms with Gasteiger partial charge in [0.25, 0.3) is 0 Å². The second kappa shape index (κ2) is 7.63. The fourth-order valence-electron chi connectivity index (χ4n) is 2.14. The Morgan fingerprint density at radius 2 is 2.00 bits per heavy atom. The fourth-order valence-corrected chi connectivity index (χ4v) is 2.14. The minimum atomic E-state index is -1.51. The van der Waals surface area contributed by atoms with E-state index in [9.17, 15) is 19.5 Å². The number of urea groups is 1. The number of carbonyl (C=O) groups excluding carboxylic acids is 2. The van der Waals surface area contributed by atoms with Gasteiger partial charge in [-0.2, -0.15) is 0 Å². The Balaban J connectivity index is 2.09. The zero-order valence-electron chi connectivity index (χ0n) is 13.6. The number of amides is 3. The monoisotopic (exact) mass is 372 g/mol. The first-order valence-electron chi connectivity index (χ1n) is 7.67. The number of aliphatic hydroxyl groups excluding tert-OH is 2. The molecule has 0 saturated heterocycles. The number of carboxylic acids is 1. The molecule has 1 heterocycles. The lowest BCUT2D eigenvalue weighted by Gasteiger charge is -2.17. The Hall–Kier alpha value is -2.77. The molecule has 13 heteroatoms. The van der Waals surface area contributed by atoms with Gasteiger partial charge in [0.2, 0.25) is 17.7 Å². The van der Waals surface area contributed by atoms with E-state index in [0.29, 0.717) is 0 Å². The first-order chi connectivity index (χ1) is 12.2. The summed E-state index contributed by atoms with van der Waals surface area (Å²) < 4.78 is 5.39. The van der Waals surface area contributed by atoms with Crippen LogP contribution in [0.2, 0.25) is 0 Å². The maximum atomic E-state index is 11.9. The van der Waals surface area contributed by atoms with Crippen LogP contribution in [-0.2, 0) is 15.1 Å². The van der Waals surface area contributed by atoms with Crippen molar-refractivity contribution in [2.75, 3.05) is 6.61 Å². The lowest BCUT2D eigenvalue weighted by molar-refractivity contribution is -0.140. The smallest absolute Gasteiger partial charge is 0.328 e. The van der Waals surface area contributed by atoms with Gasteiger partial charge in [0.1, 0.15) is 11.6 Å². The maximum absolute atomic E-state index is 11.9. The number of hydrogen-bond acceptors (Lipinski definition) is 9. The summed E-state index contributed by atoms with van der Waals surface area (Å²) in [5.41, 5.74) is 9.80. The Morgan fingerprint density at radius 3 is 2.50 bits per heavy atom. The van der Waals surface area contributed by atoms with Crippen LogP contribution in [-0.4, -0.2) is 62.2 Å². The molecule has 0 bridgehead atoms. The number of nitrogens with zero attached hydrogens (tertiary/aromatic N) is 2. The van der Waals surface area contributed by atoms with Gasteiger partial charge in [0.05, 0.1) is 12.7 Å². The molecule has 1 aromatic heterocycles. The summed E-state index contributed by atoms with van der Waals surface area (Å²) in [6.45, 7) is -0.813. The minimum absolute atomic E-state index is 0.00136. The molecule has 9 N–H and O–H groups in total. The molecule has 4 atom stereocenters. The molecular weight excluding hydrogens is 352 g/mol. The molecule has 2 rings (SSSR count). The molecule has 0 spiro atoms. The number of rotatable bonds is 9. The quantitative estimate of drug-likeness (QED) is 0.233. The van der Waals surface area contributed by atoms with Crippen LogP contribution < -0.4 is 22.1 Å². The van der Waals surface area contributed by atoms with Crippen LogP contribution in [0.25, 0.3) is 0 Å². The molecule has 0 aromatic carbocycles. The van der Waals surface area contributed by atoms with Gasteiger partial charge in [-0.3, -0.25) is 4.79 Å². The molecule has 26 heavy (non-hydrogen) atoms. The third kappa shape index (κ3) is 4.44. The van der Waals surface area contributed by atoms with Crippen molar-refractivity contribution in [2.45, 2.75) is 43.0 Å². The predicted octanol–water partition coefficient (Wildman–Crippen LogP) is -2.96. The Morgan fingerprint density at radius 1 is 1.35 bits per heavy atom. The molecule has 1 aliphatic rings. The molecule has 1 fully saturated rings. The average Bonchev–Trinajstić information content (AvgIpc) is 2.99. The summed E-state index contributed by atoms with van der Waals surface area (Å²) in [6, 6.07) is -3.41. The number of carbonyl (C=O) groups is 3. The Labute approximate surface area is 146 Å². The van der Waals surface area contributed by atoms with Gasteiger partial charge >= 0.3 is 12.0 Å². The molecule has 13 nitrogen and oxygen atoms in total. The topological polar surface area (TPSA) is 227 Å². The molecule has 144 valence electrons. The van der Waals surface area contributed by atoms with E-state index in [-0.39, 0.29) is 31.0 Å². The van der Waals surface area contributed by atoms with Crippen LogP contribution in [0.4, 0.5) is 4.79 Å². The number of nitrogens with one attached hydrogen (secondary N) is 2. The fraction of sp³-hybridized carbons (Fsp3) is 0.615.